The third-order valence-electron chi connectivity index (χ3n) is 2.55. The van der Waals surface area contributed by atoms with E-state index in [-0.39, 0.29) is 6.61 Å². The predicted octanol–water partition coefficient (Wildman–Crippen LogP) is 1.29. The highest BCUT2D eigenvalue weighted by atomic mass is 28.3. The molecule has 0 bridgehead atoms. The fraction of sp³-hybridized carbons (Fsp3) is 0.700. The Morgan fingerprint density at radius 2 is 2.27 bits per heavy atom. The van der Waals surface area contributed by atoms with Crippen molar-refractivity contribution in [1.82, 2.24) is 0 Å². The van der Waals surface area contributed by atoms with Gasteiger partial charge in [-0.2, -0.15) is 0 Å². The second kappa shape index (κ2) is 4.07. The Hall–Kier alpha value is -0.653. The van der Waals surface area contributed by atoms with Crippen LogP contribution < -0.4 is 0 Å². The summed E-state index contributed by atoms with van der Waals surface area (Å²) in [6, 6.07) is 0. The zero-order chi connectivity index (χ0) is 11.7. The van der Waals surface area contributed by atoms with Crippen molar-refractivity contribution in [2.45, 2.75) is 25.2 Å². The van der Waals surface area contributed by atoms with E-state index in [9.17, 15) is 9.90 Å². The summed E-state index contributed by atoms with van der Waals surface area (Å²) in [7, 11) is -0.190. The van der Waals surface area contributed by atoms with Crippen LogP contribution in [0.5, 0.6) is 0 Å². The minimum atomic E-state index is -1.68. The predicted molar refractivity (Wildman–Crippen MR) is 59.6 cm³/mol. The Morgan fingerprint density at radius 3 is 2.67 bits per heavy atom. The number of hydrogen-bond acceptors (Lipinski definition) is 3. The molecule has 15 heavy (non-hydrogen) atoms. The van der Waals surface area contributed by atoms with Gasteiger partial charge in [-0.1, -0.05) is 25.7 Å². The molecule has 0 amide bonds. The van der Waals surface area contributed by atoms with Crippen molar-refractivity contribution in [3.05, 3.63) is 11.3 Å². The Bertz CT molecular complexity index is 292. The van der Waals surface area contributed by atoms with Gasteiger partial charge >= 0.3 is 5.97 Å². The van der Waals surface area contributed by atoms with Crippen LogP contribution in [0.1, 0.15) is 0 Å². The van der Waals surface area contributed by atoms with E-state index in [1.165, 1.54) is 7.11 Å². The molecule has 1 aliphatic rings. The first kappa shape index (κ1) is 12.4. The number of carbonyl (C=O) groups is 1. The van der Waals surface area contributed by atoms with Crippen LogP contribution in [0.3, 0.4) is 0 Å². The number of ether oxygens (including phenoxy) is 2. The zero-order valence-electron chi connectivity index (χ0n) is 9.66. The van der Waals surface area contributed by atoms with E-state index >= 15 is 0 Å². The van der Waals surface area contributed by atoms with E-state index in [4.69, 9.17) is 9.47 Å². The first-order valence-corrected chi connectivity index (χ1v) is 8.42. The lowest BCUT2D eigenvalue weighted by Gasteiger charge is -2.32. The van der Waals surface area contributed by atoms with Gasteiger partial charge in [-0.15, -0.1) is 0 Å². The van der Waals surface area contributed by atoms with E-state index in [2.05, 4.69) is 19.6 Å². The van der Waals surface area contributed by atoms with Crippen LogP contribution >= 0.6 is 0 Å². The maximum atomic E-state index is 11.3. The number of aliphatic carboxylic acids is 1. The highest BCUT2D eigenvalue weighted by Gasteiger charge is 2.50. The molecular formula is C10H18O4Si. The summed E-state index contributed by atoms with van der Waals surface area (Å²) in [4.78, 5) is 11.3. The van der Waals surface area contributed by atoms with Gasteiger partial charge < -0.3 is 14.6 Å². The van der Waals surface area contributed by atoms with Gasteiger partial charge in [-0.05, 0) is 5.20 Å². The van der Waals surface area contributed by atoms with Crippen molar-refractivity contribution < 1.29 is 19.4 Å². The molecule has 4 nitrogen and oxygen atoms in total. The van der Waals surface area contributed by atoms with E-state index in [1.54, 1.807) is 0 Å². The summed E-state index contributed by atoms with van der Waals surface area (Å²) >= 11 is 0. The zero-order valence-corrected chi connectivity index (χ0v) is 10.7. The van der Waals surface area contributed by atoms with E-state index in [0.29, 0.717) is 6.61 Å². The number of rotatable bonds is 4. The molecule has 0 unspecified atom stereocenters. The topological polar surface area (TPSA) is 55.8 Å². The largest absolute Gasteiger partial charge is 0.479 e. The molecular weight excluding hydrogens is 212 g/mol. The van der Waals surface area contributed by atoms with Gasteiger partial charge in [0.25, 0.3) is 0 Å². The molecule has 0 aliphatic carbocycles. The molecule has 1 heterocycles. The molecule has 0 spiro atoms. The highest BCUT2D eigenvalue weighted by molar-refractivity contribution is 6.83. The molecule has 0 radical (unpaired) electrons. The molecule has 86 valence electrons. The Labute approximate surface area is 90.9 Å². The number of hydrogen-bond donors (Lipinski definition) is 1. The van der Waals surface area contributed by atoms with Crippen LogP contribution in [0, 0.1) is 0 Å². The molecule has 1 aliphatic heterocycles. The second-order valence-electron chi connectivity index (χ2n) is 4.74. The standard InChI is InChI=1S/C10H18O4Si/c1-13-7-10(9(11)12)8(5-6-14-10)15(2,3)4/h5H,6-7H2,1-4H3,(H,11,12)/t10-/m0/s1. The molecule has 1 rings (SSSR count). The van der Waals surface area contributed by atoms with Crippen LogP contribution in [-0.4, -0.2) is 45.1 Å². The smallest absolute Gasteiger partial charge is 0.342 e. The van der Waals surface area contributed by atoms with Crippen molar-refractivity contribution in [2.75, 3.05) is 20.3 Å². The van der Waals surface area contributed by atoms with Gasteiger partial charge in [0, 0.05) is 7.11 Å². The summed E-state index contributed by atoms with van der Waals surface area (Å²) in [5.74, 6) is -0.949. The van der Waals surface area contributed by atoms with Crippen molar-refractivity contribution in [1.29, 1.82) is 0 Å². The lowest BCUT2D eigenvalue weighted by Crippen LogP contribution is -2.51. The summed E-state index contributed by atoms with van der Waals surface area (Å²) < 4.78 is 10.4. The van der Waals surface area contributed by atoms with Gasteiger partial charge in [0.2, 0.25) is 5.60 Å². The maximum Gasteiger partial charge on any atom is 0.342 e. The quantitative estimate of drug-likeness (QED) is 0.739. The summed E-state index contributed by atoms with van der Waals surface area (Å²) in [6.45, 7) is 6.79. The van der Waals surface area contributed by atoms with Crippen LogP contribution in [0.15, 0.2) is 11.3 Å². The fourth-order valence-electron chi connectivity index (χ4n) is 1.98. The van der Waals surface area contributed by atoms with Gasteiger partial charge in [-0.25, -0.2) is 4.79 Å². The fourth-order valence-corrected chi connectivity index (χ4v) is 4.14. The van der Waals surface area contributed by atoms with E-state index < -0.39 is 19.6 Å². The van der Waals surface area contributed by atoms with Crippen molar-refractivity contribution in [2.24, 2.45) is 0 Å². The summed E-state index contributed by atoms with van der Waals surface area (Å²) in [6.07, 6.45) is 1.90. The second-order valence-corrected chi connectivity index (χ2v) is 9.78. The third kappa shape index (κ3) is 2.14. The molecule has 0 aromatic rings. The first-order valence-electron chi connectivity index (χ1n) is 4.92. The molecule has 0 saturated heterocycles. The van der Waals surface area contributed by atoms with Crippen molar-refractivity contribution in [3.8, 4) is 0 Å². The maximum absolute atomic E-state index is 11.3. The van der Waals surface area contributed by atoms with Crippen molar-refractivity contribution >= 4 is 14.0 Å². The molecule has 0 saturated carbocycles. The third-order valence-corrected chi connectivity index (χ3v) is 4.78. The summed E-state index contributed by atoms with van der Waals surface area (Å²) in [5.41, 5.74) is -1.24. The first-order chi connectivity index (χ1) is 6.84. The normalized spacial score (nSPS) is 26.5. The lowest BCUT2D eigenvalue weighted by molar-refractivity contribution is -0.162. The highest BCUT2D eigenvalue weighted by Crippen LogP contribution is 2.34. The minimum Gasteiger partial charge on any atom is -0.479 e. The monoisotopic (exact) mass is 230 g/mol. The van der Waals surface area contributed by atoms with Gasteiger partial charge in [-0.3, -0.25) is 0 Å². The molecule has 1 N–H and O–H groups in total. The molecule has 0 aromatic heterocycles. The number of carboxylic acid groups (broad SMARTS) is 1. The molecule has 5 heteroatoms. The van der Waals surface area contributed by atoms with Crippen LogP contribution in [0.4, 0.5) is 0 Å². The summed E-state index contributed by atoms with van der Waals surface area (Å²) in [5, 5.41) is 10.2. The lowest BCUT2D eigenvalue weighted by atomic mass is 10.1. The number of methoxy groups -OCH3 is 1. The van der Waals surface area contributed by atoms with Crippen LogP contribution in [0.25, 0.3) is 0 Å². The van der Waals surface area contributed by atoms with E-state index in [0.717, 1.165) is 5.20 Å². The van der Waals surface area contributed by atoms with E-state index in [1.807, 2.05) is 6.08 Å². The Morgan fingerprint density at radius 1 is 1.67 bits per heavy atom. The average Bonchev–Trinajstić information content (AvgIpc) is 2.49. The SMILES string of the molecule is COC[C@]1(C(=O)O)OCC=C1[Si](C)(C)C. The van der Waals surface area contributed by atoms with Crippen LogP contribution in [-0.2, 0) is 14.3 Å². The average molecular weight is 230 g/mol. The van der Waals surface area contributed by atoms with Crippen molar-refractivity contribution in [3.63, 3.8) is 0 Å². The molecule has 0 fully saturated rings. The van der Waals surface area contributed by atoms with Gasteiger partial charge in [0.1, 0.15) is 0 Å². The Kier molecular flexibility index (Phi) is 3.37. The van der Waals surface area contributed by atoms with Crippen LogP contribution in [0.2, 0.25) is 19.6 Å². The molecule has 1 atom stereocenters. The van der Waals surface area contributed by atoms with Gasteiger partial charge in [0.15, 0.2) is 0 Å². The minimum absolute atomic E-state index is 0.0818. The number of carboxylic acids is 1. The Balaban J connectivity index is 3.10. The van der Waals surface area contributed by atoms with Gasteiger partial charge in [0.05, 0.1) is 21.3 Å². The molecule has 0 aromatic carbocycles.